The molecular formula is C18H18N4O2S. The number of ether oxygens (including phenoxy) is 1. The molecule has 4 rings (SSSR count). The first-order chi connectivity index (χ1) is 12.3. The highest BCUT2D eigenvalue weighted by molar-refractivity contribution is 7.16. The molecule has 25 heavy (non-hydrogen) atoms. The van der Waals surface area contributed by atoms with Gasteiger partial charge < -0.3 is 14.5 Å². The molecule has 0 saturated carbocycles. The van der Waals surface area contributed by atoms with Gasteiger partial charge in [-0.05, 0) is 23.6 Å². The van der Waals surface area contributed by atoms with Crippen molar-refractivity contribution in [1.29, 1.82) is 0 Å². The van der Waals surface area contributed by atoms with Crippen molar-refractivity contribution in [1.82, 2.24) is 14.9 Å². The quantitative estimate of drug-likeness (QED) is 0.720. The van der Waals surface area contributed by atoms with Crippen LogP contribution in [-0.4, -0.2) is 53.6 Å². The number of para-hydroxylation sites is 1. The molecule has 1 fully saturated rings. The Hall–Kier alpha value is -2.67. The van der Waals surface area contributed by atoms with Crippen LogP contribution in [0.2, 0.25) is 0 Å². The minimum Gasteiger partial charge on any atom is -0.467 e. The van der Waals surface area contributed by atoms with E-state index in [-0.39, 0.29) is 12.5 Å². The molecule has 6 nitrogen and oxygen atoms in total. The second-order valence-corrected chi connectivity index (χ2v) is 6.70. The van der Waals surface area contributed by atoms with Crippen LogP contribution in [0.1, 0.15) is 0 Å². The Morgan fingerprint density at radius 2 is 1.88 bits per heavy atom. The Bertz CT molecular complexity index is 860. The van der Waals surface area contributed by atoms with Crippen molar-refractivity contribution in [3.63, 3.8) is 0 Å². The molecule has 1 aliphatic heterocycles. The maximum absolute atomic E-state index is 12.4. The van der Waals surface area contributed by atoms with E-state index in [1.807, 2.05) is 34.5 Å². The van der Waals surface area contributed by atoms with Crippen LogP contribution < -0.4 is 9.64 Å². The third-order valence-corrected chi connectivity index (χ3v) is 5.13. The largest absolute Gasteiger partial charge is 0.467 e. The molecule has 3 heterocycles. The van der Waals surface area contributed by atoms with Crippen molar-refractivity contribution in [2.24, 2.45) is 0 Å². The van der Waals surface area contributed by atoms with Gasteiger partial charge in [0.15, 0.2) is 6.61 Å². The number of carbonyl (C=O) groups is 1. The van der Waals surface area contributed by atoms with Gasteiger partial charge in [0, 0.05) is 31.9 Å². The number of nitrogens with zero attached hydrogens (tertiary/aromatic N) is 4. The summed E-state index contributed by atoms with van der Waals surface area (Å²) in [6.45, 7) is 3.08. The van der Waals surface area contributed by atoms with Crippen molar-refractivity contribution in [2.45, 2.75) is 0 Å². The summed E-state index contributed by atoms with van der Waals surface area (Å²) in [6.07, 6.45) is 1.47. The summed E-state index contributed by atoms with van der Waals surface area (Å²) in [5.74, 6) is 0.470. The fourth-order valence-electron chi connectivity index (χ4n) is 2.96. The fraction of sp³-hybridized carbons (Fsp3) is 0.278. The molecule has 1 saturated heterocycles. The number of aromatic nitrogens is 2. The number of piperazine rings is 1. The minimum atomic E-state index is -0.00490. The molecule has 128 valence electrons. The standard InChI is InChI=1S/C18H18N4O2S/c23-16(12-24-17-15-6-11-25-18(15)20-13-19-17)22-9-7-21(8-10-22)14-4-2-1-3-5-14/h1-6,11,13H,7-10,12H2. The second-order valence-electron chi connectivity index (χ2n) is 5.81. The average molecular weight is 354 g/mol. The number of carbonyl (C=O) groups excluding carboxylic acids is 1. The fourth-order valence-corrected chi connectivity index (χ4v) is 3.68. The van der Waals surface area contributed by atoms with Gasteiger partial charge in [-0.2, -0.15) is 0 Å². The molecule has 1 aliphatic rings. The van der Waals surface area contributed by atoms with Gasteiger partial charge >= 0.3 is 0 Å². The van der Waals surface area contributed by atoms with Gasteiger partial charge in [-0.1, -0.05) is 18.2 Å². The molecule has 0 aliphatic carbocycles. The van der Waals surface area contributed by atoms with Crippen LogP contribution in [-0.2, 0) is 4.79 Å². The van der Waals surface area contributed by atoms with Crippen molar-refractivity contribution >= 4 is 33.1 Å². The molecule has 0 bridgehead atoms. The molecule has 0 N–H and O–H groups in total. The third-order valence-electron chi connectivity index (χ3n) is 4.31. The lowest BCUT2D eigenvalue weighted by atomic mass is 10.2. The topological polar surface area (TPSA) is 58.6 Å². The van der Waals surface area contributed by atoms with Crippen molar-refractivity contribution in [2.75, 3.05) is 37.7 Å². The predicted octanol–water partition coefficient (Wildman–Crippen LogP) is 2.42. The zero-order valence-electron chi connectivity index (χ0n) is 13.7. The molecule has 1 amide bonds. The van der Waals surface area contributed by atoms with Gasteiger partial charge in [0.2, 0.25) is 5.88 Å². The average Bonchev–Trinajstić information content (AvgIpc) is 3.16. The van der Waals surface area contributed by atoms with Gasteiger partial charge in [-0.3, -0.25) is 4.79 Å². The van der Waals surface area contributed by atoms with E-state index in [4.69, 9.17) is 4.74 Å². The lowest BCUT2D eigenvalue weighted by Crippen LogP contribution is -2.50. The minimum absolute atomic E-state index is 0.00490. The molecule has 0 radical (unpaired) electrons. The van der Waals surface area contributed by atoms with Crippen molar-refractivity contribution in [3.8, 4) is 5.88 Å². The molecule has 0 unspecified atom stereocenters. The number of amides is 1. The number of fused-ring (bicyclic) bond motifs is 1. The number of benzene rings is 1. The Morgan fingerprint density at radius 1 is 1.08 bits per heavy atom. The summed E-state index contributed by atoms with van der Waals surface area (Å²) >= 11 is 1.53. The Morgan fingerprint density at radius 3 is 2.68 bits per heavy atom. The predicted molar refractivity (Wildman–Crippen MR) is 98.1 cm³/mol. The highest BCUT2D eigenvalue weighted by atomic mass is 32.1. The summed E-state index contributed by atoms with van der Waals surface area (Å²) in [4.78, 5) is 25.8. The maximum Gasteiger partial charge on any atom is 0.260 e. The van der Waals surface area contributed by atoms with Crippen molar-refractivity contribution < 1.29 is 9.53 Å². The van der Waals surface area contributed by atoms with E-state index in [0.29, 0.717) is 19.0 Å². The maximum atomic E-state index is 12.4. The molecular weight excluding hydrogens is 336 g/mol. The molecule has 2 aromatic heterocycles. The van der Waals surface area contributed by atoms with E-state index in [9.17, 15) is 4.79 Å². The highest BCUT2D eigenvalue weighted by Crippen LogP contribution is 2.25. The molecule has 0 spiro atoms. The summed E-state index contributed by atoms with van der Waals surface area (Å²) in [5.41, 5.74) is 1.20. The lowest BCUT2D eigenvalue weighted by Gasteiger charge is -2.36. The SMILES string of the molecule is O=C(COc1ncnc2sccc12)N1CCN(c2ccccc2)CC1. The lowest BCUT2D eigenvalue weighted by molar-refractivity contribution is -0.133. The Balaban J connectivity index is 1.33. The summed E-state index contributed by atoms with van der Waals surface area (Å²) in [7, 11) is 0. The molecule has 0 atom stereocenters. The second kappa shape index (κ2) is 7.06. The van der Waals surface area contributed by atoms with Crippen molar-refractivity contribution in [3.05, 3.63) is 48.1 Å². The summed E-state index contributed by atoms with van der Waals surface area (Å²) in [5, 5.41) is 2.80. The van der Waals surface area contributed by atoms with E-state index >= 15 is 0 Å². The first kappa shape index (κ1) is 15.8. The van der Waals surface area contributed by atoms with Crippen LogP contribution in [0.5, 0.6) is 5.88 Å². The van der Waals surface area contributed by atoms with E-state index in [1.54, 1.807) is 0 Å². The smallest absolute Gasteiger partial charge is 0.260 e. The number of hydrogen-bond acceptors (Lipinski definition) is 6. The molecule has 3 aromatic rings. The van der Waals surface area contributed by atoms with Crippen LogP contribution in [0, 0.1) is 0 Å². The van der Waals surface area contributed by atoms with Gasteiger partial charge in [0.25, 0.3) is 5.91 Å². The van der Waals surface area contributed by atoms with Crippen LogP contribution in [0.4, 0.5) is 5.69 Å². The van der Waals surface area contributed by atoms with E-state index < -0.39 is 0 Å². The van der Waals surface area contributed by atoms with Crippen LogP contribution in [0.15, 0.2) is 48.1 Å². The first-order valence-corrected chi connectivity index (χ1v) is 9.08. The number of thiophene rings is 1. The van der Waals surface area contributed by atoms with Crippen LogP contribution in [0.25, 0.3) is 10.2 Å². The Labute approximate surface area is 149 Å². The third kappa shape index (κ3) is 3.41. The number of anilines is 1. The Kier molecular flexibility index (Phi) is 4.47. The van der Waals surface area contributed by atoms with Crippen LogP contribution in [0.3, 0.4) is 0 Å². The van der Waals surface area contributed by atoms with E-state index in [2.05, 4.69) is 27.0 Å². The zero-order valence-corrected chi connectivity index (χ0v) is 14.5. The van der Waals surface area contributed by atoms with Gasteiger partial charge in [0.05, 0.1) is 5.39 Å². The number of hydrogen-bond donors (Lipinski definition) is 0. The number of rotatable bonds is 4. The normalized spacial score (nSPS) is 14.7. The molecule has 7 heteroatoms. The summed E-state index contributed by atoms with van der Waals surface area (Å²) < 4.78 is 5.65. The monoisotopic (exact) mass is 354 g/mol. The van der Waals surface area contributed by atoms with Gasteiger partial charge in [-0.25, -0.2) is 9.97 Å². The highest BCUT2D eigenvalue weighted by Gasteiger charge is 2.22. The van der Waals surface area contributed by atoms with E-state index in [0.717, 1.165) is 23.3 Å². The first-order valence-electron chi connectivity index (χ1n) is 8.20. The van der Waals surface area contributed by atoms with Gasteiger partial charge in [0.1, 0.15) is 11.2 Å². The zero-order chi connectivity index (χ0) is 17.1. The van der Waals surface area contributed by atoms with E-state index in [1.165, 1.54) is 23.4 Å². The van der Waals surface area contributed by atoms with Crippen LogP contribution >= 0.6 is 11.3 Å². The van der Waals surface area contributed by atoms with Gasteiger partial charge in [-0.15, -0.1) is 11.3 Å². The molecule has 1 aromatic carbocycles. The summed E-state index contributed by atoms with van der Waals surface area (Å²) in [6, 6.07) is 12.2.